The van der Waals surface area contributed by atoms with Gasteiger partial charge in [-0.05, 0) is 40.9 Å². The second-order valence-corrected chi connectivity index (χ2v) is 5.22. The molecule has 1 saturated carbocycles. The Kier molecular flexibility index (Phi) is 3.71. The molecule has 1 aliphatic rings. The molecule has 1 amide bonds. The molecule has 0 aliphatic heterocycles. The first-order chi connectivity index (χ1) is 8.60. The summed E-state index contributed by atoms with van der Waals surface area (Å²) < 4.78 is 5.52. The molecule has 1 aliphatic carbocycles. The number of methoxy groups -OCH3 is 1. The Bertz CT molecular complexity index is 483. The largest absolute Gasteiger partial charge is 0.468 e. The number of hydrogen-bond donors (Lipinski definition) is 1. The highest BCUT2D eigenvalue weighted by molar-refractivity contribution is 9.10. The number of halogens is 1. The van der Waals surface area contributed by atoms with E-state index in [0.29, 0.717) is 18.5 Å². The highest BCUT2D eigenvalue weighted by Crippen LogP contribution is 2.43. The van der Waals surface area contributed by atoms with Gasteiger partial charge in [-0.3, -0.25) is 9.59 Å². The highest BCUT2D eigenvalue weighted by Gasteiger charge is 2.52. The van der Waals surface area contributed by atoms with Gasteiger partial charge in [-0.2, -0.15) is 0 Å². The molecular formula is C13H14BrNO3. The van der Waals surface area contributed by atoms with Crippen LogP contribution in [0.5, 0.6) is 0 Å². The monoisotopic (exact) mass is 311 g/mol. The number of rotatable bonds is 3. The van der Waals surface area contributed by atoms with E-state index >= 15 is 0 Å². The van der Waals surface area contributed by atoms with Crippen LogP contribution < -0.4 is 5.32 Å². The fourth-order valence-corrected chi connectivity index (χ4v) is 2.44. The van der Waals surface area contributed by atoms with E-state index < -0.39 is 11.4 Å². The minimum Gasteiger partial charge on any atom is -0.468 e. The number of amides is 1. The predicted octanol–water partition coefficient (Wildman–Crippen LogP) is 2.73. The summed E-state index contributed by atoms with van der Waals surface area (Å²) in [6, 6.07) is 7.30. The summed E-state index contributed by atoms with van der Waals surface area (Å²) in [6.45, 7) is 0. The van der Waals surface area contributed by atoms with Crippen LogP contribution in [-0.2, 0) is 14.3 Å². The molecule has 0 heterocycles. The van der Waals surface area contributed by atoms with E-state index in [2.05, 4.69) is 21.2 Å². The summed E-state index contributed by atoms with van der Waals surface area (Å²) in [4.78, 5) is 24.0. The van der Waals surface area contributed by atoms with E-state index in [9.17, 15) is 9.59 Å². The molecule has 5 heteroatoms. The Morgan fingerprint density at radius 1 is 1.33 bits per heavy atom. The van der Waals surface area contributed by atoms with E-state index in [1.165, 1.54) is 7.11 Å². The van der Waals surface area contributed by atoms with Crippen molar-refractivity contribution in [1.82, 2.24) is 0 Å². The van der Waals surface area contributed by atoms with Gasteiger partial charge in [0.1, 0.15) is 5.41 Å². The standard InChI is InChI=1S/C13H14BrNO3/c1-18-12(17)13(7-4-8-13)11(16)15-10-6-3-2-5-9(10)14/h2-3,5-6H,4,7-8H2,1H3,(H,15,16). The minimum absolute atomic E-state index is 0.285. The average Bonchev–Trinajstić information content (AvgIpc) is 2.30. The molecule has 0 radical (unpaired) electrons. The van der Waals surface area contributed by atoms with Gasteiger partial charge < -0.3 is 10.1 Å². The Hall–Kier alpha value is -1.36. The summed E-state index contributed by atoms with van der Waals surface area (Å²) in [5.41, 5.74) is -0.331. The van der Waals surface area contributed by atoms with Gasteiger partial charge in [0.25, 0.3) is 0 Å². The molecule has 2 rings (SSSR count). The van der Waals surface area contributed by atoms with Gasteiger partial charge in [-0.15, -0.1) is 0 Å². The first kappa shape index (κ1) is 13.1. The SMILES string of the molecule is COC(=O)C1(C(=O)Nc2ccccc2Br)CCC1. The van der Waals surface area contributed by atoms with Crippen molar-refractivity contribution >= 4 is 33.5 Å². The van der Waals surface area contributed by atoms with E-state index in [0.717, 1.165) is 10.9 Å². The van der Waals surface area contributed by atoms with Crippen LogP contribution in [0, 0.1) is 5.41 Å². The molecule has 1 aromatic rings. The van der Waals surface area contributed by atoms with Gasteiger partial charge in [0, 0.05) is 4.47 Å². The van der Waals surface area contributed by atoms with Gasteiger partial charge in [-0.1, -0.05) is 18.6 Å². The maximum Gasteiger partial charge on any atom is 0.321 e. The van der Waals surface area contributed by atoms with E-state index in [-0.39, 0.29) is 5.91 Å². The number of anilines is 1. The first-order valence-electron chi connectivity index (χ1n) is 5.74. The first-order valence-corrected chi connectivity index (χ1v) is 6.54. The fraction of sp³-hybridized carbons (Fsp3) is 0.385. The van der Waals surface area contributed by atoms with E-state index in [1.807, 2.05) is 18.2 Å². The third-order valence-corrected chi connectivity index (χ3v) is 4.03. The summed E-state index contributed by atoms with van der Waals surface area (Å²) >= 11 is 3.35. The van der Waals surface area contributed by atoms with Crippen LogP contribution in [0.15, 0.2) is 28.7 Å². The second-order valence-electron chi connectivity index (χ2n) is 4.36. The maximum atomic E-state index is 12.2. The predicted molar refractivity (Wildman–Crippen MR) is 71.1 cm³/mol. The number of para-hydroxylation sites is 1. The number of carbonyl (C=O) groups excluding carboxylic acids is 2. The van der Waals surface area contributed by atoms with Crippen molar-refractivity contribution in [2.45, 2.75) is 19.3 Å². The third-order valence-electron chi connectivity index (χ3n) is 3.34. The van der Waals surface area contributed by atoms with E-state index in [4.69, 9.17) is 4.74 Å². The van der Waals surface area contributed by atoms with Crippen LogP contribution in [0.1, 0.15) is 19.3 Å². The van der Waals surface area contributed by atoms with Crippen molar-refractivity contribution in [3.63, 3.8) is 0 Å². The molecule has 4 nitrogen and oxygen atoms in total. The maximum absolute atomic E-state index is 12.2. The van der Waals surface area contributed by atoms with Gasteiger partial charge in [0.15, 0.2) is 0 Å². The lowest BCUT2D eigenvalue weighted by Gasteiger charge is -2.37. The number of benzene rings is 1. The van der Waals surface area contributed by atoms with E-state index in [1.54, 1.807) is 6.07 Å². The Morgan fingerprint density at radius 2 is 2.00 bits per heavy atom. The minimum atomic E-state index is -0.996. The fourth-order valence-electron chi connectivity index (χ4n) is 2.05. The quantitative estimate of drug-likeness (QED) is 0.690. The van der Waals surface area contributed by atoms with Crippen LogP contribution in [0.3, 0.4) is 0 Å². The molecule has 0 saturated heterocycles. The molecule has 1 aromatic carbocycles. The Balaban J connectivity index is 2.17. The van der Waals surface area contributed by atoms with Crippen molar-refractivity contribution in [3.05, 3.63) is 28.7 Å². The molecule has 1 N–H and O–H groups in total. The molecule has 0 bridgehead atoms. The van der Waals surface area contributed by atoms with Crippen LogP contribution in [0.4, 0.5) is 5.69 Å². The number of nitrogens with one attached hydrogen (secondary N) is 1. The lowest BCUT2D eigenvalue weighted by Crippen LogP contribution is -2.48. The topological polar surface area (TPSA) is 55.4 Å². The van der Waals surface area contributed by atoms with Crippen LogP contribution in [-0.4, -0.2) is 19.0 Å². The van der Waals surface area contributed by atoms with Gasteiger partial charge in [0.2, 0.25) is 5.91 Å². The molecule has 0 spiro atoms. The number of esters is 1. The van der Waals surface area contributed by atoms with Crippen molar-refractivity contribution in [3.8, 4) is 0 Å². The molecule has 96 valence electrons. The molecule has 0 unspecified atom stereocenters. The molecule has 0 atom stereocenters. The number of ether oxygens (including phenoxy) is 1. The summed E-state index contributed by atoms with van der Waals surface area (Å²) in [6.07, 6.45) is 1.98. The molecular weight excluding hydrogens is 298 g/mol. The van der Waals surface area contributed by atoms with Gasteiger partial charge in [-0.25, -0.2) is 0 Å². The molecule has 1 fully saturated rings. The number of hydrogen-bond acceptors (Lipinski definition) is 3. The van der Waals surface area contributed by atoms with Gasteiger partial charge in [0.05, 0.1) is 12.8 Å². The van der Waals surface area contributed by atoms with Gasteiger partial charge >= 0.3 is 5.97 Å². The smallest absolute Gasteiger partial charge is 0.321 e. The normalized spacial score (nSPS) is 16.6. The van der Waals surface area contributed by atoms with Crippen molar-refractivity contribution in [2.24, 2.45) is 5.41 Å². The zero-order valence-corrected chi connectivity index (χ0v) is 11.6. The highest BCUT2D eigenvalue weighted by atomic mass is 79.9. The van der Waals surface area contributed by atoms with Crippen LogP contribution in [0.25, 0.3) is 0 Å². The second kappa shape index (κ2) is 5.10. The van der Waals surface area contributed by atoms with Crippen molar-refractivity contribution in [1.29, 1.82) is 0 Å². The molecule has 0 aromatic heterocycles. The number of carbonyl (C=O) groups is 2. The summed E-state index contributed by atoms with van der Waals surface area (Å²) in [7, 11) is 1.31. The zero-order valence-electron chi connectivity index (χ0n) is 10.0. The lowest BCUT2D eigenvalue weighted by atomic mass is 9.68. The third kappa shape index (κ3) is 2.14. The Morgan fingerprint density at radius 3 is 2.50 bits per heavy atom. The van der Waals surface area contributed by atoms with Crippen molar-refractivity contribution < 1.29 is 14.3 Å². The van der Waals surface area contributed by atoms with Crippen molar-refractivity contribution in [2.75, 3.05) is 12.4 Å². The summed E-state index contributed by atoms with van der Waals surface area (Å²) in [5, 5.41) is 2.78. The van der Waals surface area contributed by atoms with Crippen LogP contribution in [0.2, 0.25) is 0 Å². The zero-order chi connectivity index (χ0) is 13.2. The summed E-state index contributed by atoms with van der Waals surface area (Å²) in [5.74, 6) is -0.731. The molecule has 18 heavy (non-hydrogen) atoms. The lowest BCUT2D eigenvalue weighted by molar-refractivity contribution is -0.163. The Labute approximate surface area is 114 Å². The average molecular weight is 312 g/mol. The van der Waals surface area contributed by atoms with Crippen LogP contribution >= 0.6 is 15.9 Å².